The zero-order valence-corrected chi connectivity index (χ0v) is 17.7. The number of ether oxygens (including phenoxy) is 1. The number of amides is 2. The van der Waals surface area contributed by atoms with E-state index in [4.69, 9.17) is 4.74 Å². The Morgan fingerprint density at radius 2 is 1.93 bits per heavy atom. The van der Waals surface area contributed by atoms with E-state index >= 15 is 0 Å². The van der Waals surface area contributed by atoms with Gasteiger partial charge >= 0.3 is 0 Å². The fraction of sp³-hybridized carbons (Fsp3) is 0.500. The number of carbonyl (C=O) groups is 2. The third kappa shape index (κ3) is 4.96. The highest BCUT2D eigenvalue weighted by atomic mass is 16.5. The molecule has 7 nitrogen and oxygen atoms in total. The van der Waals surface area contributed by atoms with E-state index < -0.39 is 0 Å². The van der Waals surface area contributed by atoms with Crippen LogP contribution in [0.3, 0.4) is 0 Å². The van der Waals surface area contributed by atoms with Gasteiger partial charge in [0.1, 0.15) is 11.4 Å². The van der Waals surface area contributed by atoms with Crippen molar-refractivity contribution in [1.29, 1.82) is 0 Å². The maximum absolute atomic E-state index is 12.8. The Hall–Kier alpha value is -2.83. The molecule has 2 N–H and O–H groups in total. The maximum Gasteiger partial charge on any atom is 0.287 e. The largest absolute Gasteiger partial charge is 0.496 e. The number of nitrogens with one attached hydrogen (secondary N) is 2. The highest BCUT2D eigenvalue weighted by molar-refractivity contribution is 5.97. The van der Waals surface area contributed by atoms with Crippen LogP contribution in [0.4, 0.5) is 0 Å². The summed E-state index contributed by atoms with van der Waals surface area (Å²) in [6.45, 7) is 6.96. The minimum Gasteiger partial charge on any atom is -0.496 e. The monoisotopic (exact) mass is 398 g/mol. The van der Waals surface area contributed by atoms with Crippen molar-refractivity contribution in [3.8, 4) is 5.75 Å². The van der Waals surface area contributed by atoms with Crippen LogP contribution < -0.4 is 15.4 Å². The molecule has 3 rings (SSSR count). The van der Waals surface area contributed by atoms with Crippen LogP contribution in [0.1, 0.15) is 66.0 Å². The van der Waals surface area contributed by atoms with Gasteiger partial charge in [-0.25, -0.2) is 4.98 Å². The number of aromatic nitrogens is 2. The molecule has 2 heterocycles. The number of benzene rings is 1. The summed E-state index contributed by atoms with van der Waals surface area (Å²) in [5, 5.41) is 5.89. The van der Waals surface area contributed by atoms with Gasteiger partial charge in [0.15, 0.2) is 5.82 Å². The van der Waals surface area contributed by atoms with Gasteiger partial charge in [-0.05, 0) is 58.1 Å². The highest BCUT2D eigenvalue weighted by Gasteiger charge is 2.28. The predicted octanol–water partition coefficient (Wildman–Crippen LogP) is 2.73. The molecule has 0 unspecified atom stereocenters. The van der Waals surface area contributed by atoms with E-state index in [0.717, 1.165) is 36.3 Å². The lowest BCUT2D eigenvalue weighted by molar-refractivity contribution is 0.0903. The van der Waals surface area contributed by atoms with Crippen molar-refractivity contribution in [2.75, 3.05) is 13.7 Å². The zero-order chi connectivity index (χ0) is 21.0. The van der Waals surface area contributed by atoms with Gasteiger partial charge in [-0.15, -0.1) is 0 Å². The van der Waals surface area contributed by atoms with Crippen molar-refractivity contribution < 1.29 is 14.3 Å². The Kier molecular flexibility index (Phi) is 6.25. The van der Waals surface area contributed by atoms with E-state index in [-0.39, 0.29) is 17.4 Å². The first-order chi connectivity index (χ1) is 13.8. The van der Waals surface area contributed by atoms with Crippen LogP contribution in [0.25, 0.3) is 0 Å². The second kappa shape index (κ2) is 8.68. The van der Waals surface area contributed by atoms with Crippen LogP contribution in [0.15, 0.2) is 24.3 Å². The smallest absolute Gasteiger partial charge is 0.287 e. The average molecular weight is 399 g/mol. The molecular formula is C22H30N4O3. The SMILES string of the molecule is COc1ccccc1CCNC(=O)c1nc(C(=O)NC(C)(C)C)n2c1CCCC2. The summed E-state index contributed by atoms with van der Waals surface area (Å²) in [4.78, 5) is 30.0. The van der Waals surface area contributed by atoms with Crippen molar-refractivity contribution in [2.45, 2.75) is 58.5 Å². The van der Waals surface area contributed by atoms with Crippen molar-refractivity contribution >= 4 is 11.8 Å². The molecule has 0 saturated heterocycles. The molecule has 1 aliphatic heterocycles. The first kappa shape index (κ1) is 20.9. The Morgan fingerprint density at radius 1 is 1.17 bits per heavy atom. The third-order valence-electron chi connectivity index (χ3n) is 4.90. The van der Waals surface area contributed by atoms with Crippen molar-refractivity contribution in [3.05, 3.63) is 47.0 Å². The molecule has 0 fully saturated rings. The summed E-state index contributed by atoms with van der Waals surface area (Å²) in [6.07, 6.45) is 3.38. The number of imidazole rings is 1. The second-order valence-corrected chi connectivity index (χ2v) is 8.36. The van der Waals surface area contributed by atoms with Gasteiger partial charge in [-0.1, -0.05) is 18.2 Å². The minimum atomic E-state index is -0.366. The van der Waals surface area contributed by atoms with Crippen LogP contribution in [0.2, 0.25) is 0 Å². The number of carbonyl (C=O) groups excluding carboxylic acids is 2. The van der Waals surface area contributed by atoms with Crippen LogP contribution in [0, 0.1) is 0 Å². The van der Waals surface area contributed by atoms with Crippen molar-refractivity contribution in [1.82, 2.24) is 20.2 Å². The fourth-order valence-electron chi connectivity index (χ4n) is 3.60. The topological polar surface area (TPSA) is 85.2 Å². The van der Waals surface area contributed by atoms with E-state index in [1.807, 2.05) is 49.6 Å². The summed E-state index contributed by atoms with van der Waals surface area (Å²) in [7, 11) is 1.64. The van der Waals surface area contributed by atoms with Crippen LogP contribution in [0.5, 0.6) is 5.75 Å². The average Bonchev–Trinajstić information content (AvgIpc) is 3.07. The molecule has 7 heteroatoms. The number of para-hydroxylation sites is 1. The molecule has 1 aromatic heterocycles. The molecule has 2 amide bonds. The van der Waals surface area contributed by atoms with Gasteiger partial charge in [-0.2, -0.15) is 0 Å². The Balaban J connectivity index is 1.74. The van der Waals surface area contributed by atoms with Gasteiger partial charge in [0.2, 0.25) is 0 Å². The minimum absolute atomic E-state index is 0.236. The molecule has 156 valence electrons. The normalized spacial score (nSPS) is 13.5. The molecule has 0 spiro atoms. The number of nitrogens with zero attached hydrogens (tertiary/aromatic N) is 2. The van der Waals surface area contributed by atoms with Gasteiger partial charge in [0.05, 0.1) is 12.8 Å². The maximum atomic E-state index is 12.8. The molecular weight excluding hydrogens is 368 g/mol. The lowest BCUT2D eigenvalue weighted by Crippen LogP contribution is -2.42. The molecule has 0 radical (unpaired) electrons. The standard InChI is InChI=1S/C22H30N4O3/c1-22(2,3)25-21(28)19-24-18(16-10-7-8-14-26(16)19)20(27)23-13-12-15-9-5-6-11-17(15)29-4/h5-6,9,11H,7-8,10,12-14H2,1-4H3,(H,23,27)(H,25,28). The first-order valence-corrected chi connectivity index (χ1v) is 10.1. The van der Waals surface area contributed by atoms with E-state index in [1.54, 1.807) is 7.11 Å². The number of hydrogen-bond donors (Lipinski definition) is 2. The third-order valence-corrected chi connectivity index (χ3v) is 4.90. The molecule has 29 heavy (non-hydrogen) atoms. The van der Waals surface area contributed by atoms with E-state index in [2.05, 4.69) is 15.6 Å². The molecule has 1 aromatic carbocycles. The van der Waals surface area contributed by atoms with Crippen LogP contribution in [-0.4, -0.2) is 40.6 Å². The van der Waals surface area contributed by atoms with Gasteiger partial charge in [0, 0.05) is 18.6 Å². The Morgan fingerprint density at radius 3 is 2.66 bits per heavy atom. The molecule has 0 atom stereocenters. The van der Waals surface area contributed by atoms with Crippen LogP contribution in [-0.2, 0) is 19.4 Å². The number of rotatable bonds is 6. The summed E-state index contributed by atoms with van der Waals surface area (Å²) in [5.41, 5.74) is 1.89. The molecule has 0 bridgehead atoms. The van der Waals surface area contributed by atoms with E-state index in [9.17, 15) is 9.59 Å². The molecule has 2 aromatic rings. The van der Waals surface area contributed by atoms with E-state index in [0.29, 0.717) is 31.0 Å². The van der Waals surface area contributed by atoms with Crippen molar-refractivity contribution in [2.24, 2.45) is 0 Å². The summed E-state index contributed by atoms with van der Waals surface area (Å²) >= 11 is 0. The summed E-state index contributed by atoms with van der Waals surface area (Å²) in [5.74, 6) is 0.654. The Labute approximate surface area is 171 Å². The zero-order valence-electron chi connectivity index (χ0n) is 17.7. The Bertz CT molecular complexity index is 896. The van der Waals surface area contributed by atoms with Gasteiger partial charge < -0.3 is 19.9 Å². The van der Waals surface area contributed by atoms with E-state index in [1.165, 1.54) is 0 Å². The summed E-state index contributed by atoms with van der Waals surface area (Å²) in [6, 6.07) is 7.76. The quantitative estimate of drug-likeness (QED) is 0.784. The molecule has 1 aliphatic rings. The lowest BCUT2D eigenvalue weighted by Gasteiger charge is -2.22. The second-order valence-electron chi connectivity index (χ2n) is 8.36. The van der Waals surface area contributed by atoms with Crippen LogP contribution >= 0.6 is 0 Å². The lowest BCUT2D eigenvalue weighted by atomic mass is 10.1. The molecule has 0 aliphatic carbocycles. The predicted molar refractivity (Wildman–Crippen MR) is 111 cm³/mol. The number of fused-ring (bicyclic) bond motifs is 1. The summed E-state index contributed by atoms with van der Waals surface area (Å²) < 4.78 is 7.26. The number of methoxy groups -OCH3 is 1. The van der Waals surface area contributed by atoms with Gasteiger partial charge in [-0.3, -0.25) is 9.59 Å². The number of hydrogen-bond acceptors (Lipinski definition) is 4. The fourth-order valence-corrected chi connectivity index (χ4v) is 3.60. The van der Waals surface area contributed by atoms with Crippen molar-refractivity contribution in [3.63, 3.8) is 0 Å². The molecule has 0 saturated carbocycles. The highest BCUT2D eigenvalue weighted by Crippen LogP contribution is 2.22. The first-order valence-electron chi connectivity index (χ1n) is 10.1. The van der Waals surface area contributed by atoms with Gasteiger partial charge in [0.25, 0.3) is 11.8 Å².